The average molecular weight is 487 g/mol. The van der Waals surface area contributed by atoms with Crippen LogP contribution in [0.25, 0.3) is 0 Å². The third-order valence-corrected chi connectivity index (χ3v) is 6.48. The molecule has 0 fully saturated rings. The molecule has 3 rings (SSSR count). The average Bonchev–Trinajstić information content (AvgIpc) is 2.88. The second-order valence-electron chi connectivity index (χ2n) is 9.34. The van der Waals surface area contributed by atoms with Crippen molar-refractivity contribution in [3.8, 4) is 5.75 Å². The number of nitrogens with zero attached hydrogens (tertiary/aromatic N) is 1. The summed E-state index contributed by atoms with van der Waals surface area (Å²) in [6.45, 7) is 8.90. The van der Waals surface area contributed by atoms with E-state index in [0.29, 0.717) is 25.3 Å². The minimum atomic E-state index is -0.653. The van der Waals surface area contributed by atoms with Crippen molar-refractivity contribution in [2.24, 2.45) is 0 Å². The van der Waals surface area contributed by atoms with Crippen LogP contribution >= 0.6 is 0 Å². The number of aryl methyl sites for hydroxylation is 2. The molecule has 0 aliphatic rings. The van der Waals surface area contributed by atoms with E-state index in [0.717, 1.165) is 40.7 Å². The highest BCUT2D eigenvalue weighted by Gasteiger charge is 2.30. The summed E-state index contributed by atoms with van der Waals surface area (Å²) in [5.74, 6) is 0.327. The van der Waals surface area contributed by atoms with Crippen LogP contribution in [0.5, 0.6) is 5.75 Å². The van der Waals surface area contributed by atoms with Gasteiger partial charge in [0, 0.05) is 19.5 Å². The van der Waals surface area contributed by atoms with E-state index in [2.05, 4.69) is 12.2 Å². The molecular formula is C31H38N2O3. The Labute approximate surface area is 215 Å². The molecule has 0 spiro atoms. The van der Waals surface area contributed by atoms with Crippen molar-refractivity contribution in [3.63, 3.8) is 0 Å². The maximum absolute atomic E-state index is 13.7. The Bertz CT molecular complexity index is 1130. The number of carbonyl (C=O) groups excluding carboxylic acids is 2. The summed E-state index contributed by atoms with van der Waals surface area (Å²) >= 11 is 0. The van der Waals surface area contributed by atoms with Crippen LogP contribution in [-0.4, -0.2) is 35.9 Å². The Morgan fingerprint density at radius 2 is 1.61 bits per heavy atom. The van der Waals surface area contributed by atoms with Gasteiger partial charge in [-0.25, -0.2) is 0 Å². The van der Waals surface area contributed by atoms with Crippen LogP contribution < -0.4 is 10.1 Å². The molecule has 0 aliphatic heterocycles. The Balaban J connectivity index is 1.89. The highest BCUT2D eigenvalue weighted by molar-refractivity contribution is 5.88. The number of carbonyl (C=O) groups is 2. The number of ether oxygens (including phenoxy) is 1. The molecule has 1 atom stereocenters. The number of nitrogens with one attached hydrogen (secondary N) is 1. The van der Waals surface area contributed by atoms with Gasteiger partial charge in [-0.05, 0) is 55.5 Å². The van der Waals surface area contributed by atoms with Gasteiger partial charge in [0.05, 0.1) is 0 Å². The zero-order chi connectivity index (χ0) is 25.9. The molecule has 0 bridgehead atoms. The smallest absolute Gasteiger partial charge is 0.261 e. The third kappa shape index (κ3) is 7.70. The molecule has 0 saturated heterocycles. The lowest BCUT2D eigenvalue weighted by Crippen LogP contribution is -2.51. The van der Waals surface area contributed by atoms with Gasteiger partial charge in [-0.3, -0.25) is 9.59 Å². The quantitative estimate of drug-likeness (QED) is 0.342. The fourth-order valence-electron chi connectivity index (χ4n) is 4.05. The van der Waals surface area contributed by atoms with Gasteiger partial charge in [-0.2, -0.15) is 0 Å². The fourth-order valence-corrected chi connectivity index (χ4v) is 4.05. The summed E-state index contributed by atoms with van der Waals surface area (Å²) in [6, 6.07) is 23.1. The van der Waals surface area contributed by atoms with Crippen molar-refractivity contribution < 1.29 is 14.3 Å². The van der Waals surface area contributed by atoms with Crippen molar-refractivity contribution in [1.29, 1.82) is 0 Å². The molecular weight excluding hydrogens is 448 g/mol. The van der Waals surface area contributed by atoms with Gasteiger partial charge in [0.15, 0.2) is 6.61 Å². The van der Waals surface area contributed by atoms with Crippen LogP contribution in [0.4, 0.5) is 0 Å². The summed E-state index contributed by atoms with van der Waals surface area (Å²) in [5, 5.41) is 3.05. The molecule has 0 heterocycles. The lowest BCUT2D eigenvalue weighted by Gasteiger charge is -2.31. The van der Waals surface area contributed by atoms with Crippen LogP contribution in [0.1, 0.15) is 47.6 Å². The van der Waals surface area contributed by atoms with Crippen LogP contribution in [0, 0.1) is 20.8 Å². The Kier molecular flexibility index (Phi) is 10.1. The summed E-state index contributed by atoms with van der Waals surface area (Å²) in [5.41, 5.74) is 5.24. The number of unbranched alkanes of at least 4 members (excludes halogenated alkanes) is 1. The van der Waals surface area contributed by atoms with Crippen LogP contribution in [0.3, 0.4) is 0 Å². The number of hydrogen-bond acceptors (Lipinski definition) is 3. The topological polar surface area (TPSA) is 58.6 Å². The predicted molar refractivity (Wildman–Crippen MR) is 145 cm³/mol. The summed E-state index contributed by atoms with van der Waals surface area (Å²) in [6.07, 6.45) is 2.31. The molecule has 0 aliphatic carbocycles. The third-order valence-electron chi connectivity index (χ3n) is 6.48. The van der Waals surface area contributed by atoms with Crippen LogP contribution in [0.15, 0.2) is 72.8 Å². The molecule has 5 heteroatoms. The molecule has 1 N–H and O–H groups in total. The van der Waals surface area contributed by atoms with Gasteiger partial charge in [-0.1, -0.05) is 85.6 Å². The van der Waals surface area contributed by atoms with Gasteiger partial charge < -0.3 is 15.0 Å². The highest BCUT2D eigenvalue weighted by Crippen LogP contribution is 2.21. The first-order valence-corrected chi connectivity index (χ1v) is 12.7. The molecule has 3 aromatic rings. The zero-order valence-corrected chi connectivity index (χ0v) is 21.9. The van der Waals surface area contributed by atoms with Gasteiger partial charge in [-0.15, -0.1) is 0 Å². The first-order chi connectivity index (χ1) is 17.4. The van der Waals surface area contributed by atoms with E-state index in [1.54, 1.807) is 4.90 Å². The minimum absolute atomic E-state index is 0.135. The molecule has 0 radical (unpaired) electrons. The number of benzene rings is 3. The van der Waals surface area contributed by atoms with Gasteiger partial charge >= 0.3 is 0 Å². The lowest BCUT2D eigenvalue weighted by atomic mass is 10.0. The van der Waals surface area contributed by atoms with E-state index in [1.807, 2.05) is 93.6 Å². The molecule has 36 heavy (non-hydrogen) atoms. The number of hydrogen-bond donors (Lipinski definition) is 1. The number of rotatable bonds is 12. The largest absolute Gasteiger partial charge is 0.483 e. The summed E-state index contributed by atoms with van der Waals surface area (Å²) in [7, 11) is 0. The van der Waals surface area contributed by atoms with Crippen LogP contribution in [0.2, 0.25) is 0 Å². The highest BCUT2D eigenvalue weighted by atomic mass is 16.5. The monoisotopic (exact) mass is 486 g/mol. The number of amides is 2. The standard InChI is InChI=1S/C31H38N2O3/c1-5-6-19-32-31(35)28(20-26-12-8-7-9-13-26)33(21-27-17-15-23(2)16-18-27)30(34)22-36-29-14-10-11-24(3)25(29)4/h7-18,28H,5-6,19-22H2,1-4H3,(H,32,35). The first-order valence-electron chi connectivity index (χ1n) is 12.7. The molecule has 0 saturated carbocycles. The van der Waals surface area contributed by atoms with Crippen molar-refractivity contribution in [3.05, 3.63) is 101 Å². The molecule has 1 unspecified atom stereocenters. The minimum Gasteiger partial charge on any atom is -0.483 e. The molecule has 3 aromatic carbocycles. The second kappa shape index (κ2) is 13.5. The van der Waals surface area contributed by atoms with Gasteiger partial charge in [0.25, 0.3) is 5.91 Å². The maximum Gasteiger partial charge on any atom is 0.261 e. The maximum atomic E-state index is 13.7. The normalized spacial score (nSPS) is 11.6. The Hall–Kier alpha value is -3.60. The van der Waals surface area contributed by atoms with E-state index in [9.17, 15) is 9.59 Å². The van der Waals surface area contributed by atoms with E-state index < -0.39 is 6.04 Å². The molecule has 5 nitrogen and oxygen atoms in total. The fraction of sp³-hybridized carbons (Fsp3) is 0.355. The van der Waals surface area contributed by atoms with E-state index in [1.165, 1.54) is 0 Å². The predicted octanol–water partition coefficient (Wildman–Crippen LogP) is 5.55. The summed E-state index contributed by atoms with van der Waals surface area (Å²) < 4.78 is 5.97. The van der Waals surface area contributed by atoms with E-state index in [-0.39, 0.29) is 18.4 Å². The first kappa shape index (κ1) is 27.0. The van der Waals surface area contributed by atoms with Crippen molar-refractivity contribution in [1.82, 2.24) is 10.2 Å². The van der Waals surface area contributed by atoms with Crippen LogP contribution in [-0.2, 0) is 22.6 Å². The summed E-state index contributed by atoms with van der Waals surface area (Å²) in [4.78, 5) is 28.8. The lowest BCUT2D eigenvalue weighted by molar-refractivity contribution is -0.142. The van der Waals surface area contributed by atoms with Crippen molar-refractivity contribution >= 4 is 11.8 Å². The van der Waals surface area contributed by atoms with Gasteiger partial charge in [0.2, 0.25) is 5.91 Å². The van der Waals surface area contributed by atoms with E-state index >= 15 is 0 Å². The molecule has 2 amide bonds. The Morgan fingerprint density at radius 1 is 0.889 bits per heavy atom. The molecule has 190 valence electrons. The van der Waals surface area contributed by atoms with Crippen molar-refractivity contribution in [2.75, 3.05) is 13.2 Å². The zero-order valence-electron chi connectivity index (χ0n) is 21.9. The van der Waals surface area contributed by atoms with E-state index in [4.69, 9.17) is 4.74 Å². The van der Waals surface area contributed by atoms with Crippen molar-refractivity contribution in [2.45, 2.75) is 59.5 Å². The second-order valence-corrected chi connectivity index (χ2v) is 9.34. The van der Waals surface area contributed by atoms with Gasteiger partial charge in [0.1, 0.15) is 11.8 Å². The Morgan fingerprint density at radius 3 is 2.31 bits per heavy atom. The SMILES string of the molecule is CCCCNC(=O)C(Cc1ccccc1)N(Cc1ccc(C)cc1)C(=O)COc1cccc(C)c1C. The molecule has 0 aromatic heterocycles.